The number of anilines is 1. The molecule has 0 unspecified atom stereocenters. The van der Waals surface area contributed by atoms with Crippen molar-refractivity contribution in [2.45, 2.75) is 32.8 Å². The summed E-state index contributed by atoms with van der Waals surface area (Å²) in [4.78, 5) is 27.1. The molecule has 0 fully saturated rings. The largest absolute Gasteiger partial charge is 0.478 e. The van der Waals surface area contributed by atoms with E-state index in [0.29, 0.717) is 5.56 Å². The zero-order chi connectivity index (χ0) is 17.6. The number of hydrogen-bond acceptors (Lipinski definition) is 4. The number of carbonyl (C=O) groups is 2. The molecule has 0 bridgehead atoms. The van der Waals surface area contributed by atoms with Gasteiger partial charge in [-0.25, -0.2) is 23.4 Å². The number of amides is 1. The van der Waals surface area contributed by atoms with Crippen molar-refractivity contribution in [3.05, 3.63) is 30.0 Å². The number of pyridine rings is 1. The summed E-state index contributed by atoms with van der Waals surface area (Å²) in [6, 6.07) is 2.80. The van der Waals surface area contributed by atoms with Gasteiger partial charge in [0, 0.05) is 12.3 Å². The highest BCUT2D eigenvalue weighted by Crippen LogP contribution is 2.18. The first-order chi connectivity index (χ1) is 10.6. The summed E-state index contributed by atoms with van der Waals surface area (Å²) in [5.74, 6) is -1.13. The van der Waals surface area contributed by atoms with Crippen molar-refractivity contribution in [3.8, 4) is 0 Å². The molecule has 0 aliphatic heterocycles. The van der Waals surface area contributed by atoms with E-state index in [1.54, 1.807) is 20.8 Å². The van der Waals surface area contributed by atoms with E-state index in [9.17, 15) is 18.4 Å². The average Bonchev–Trinajstić information content (AvgIpc) is 2.41. The Morgan fingerprint density at radius 3 is 2.48 bits per heavy atom. The minimum atomic E-state index is -2.75. The third-order valence-electron chi connectivity index (χ3n) is 2.40. The van der Waals surface area contributed by atoms with Crippen molar-refractivity contribution in [3.63, 3.8) is 0 Å². The van der Waals surface area contributed by atoms with Gasteiger partial charge >= 0.3 is 12.1 Å². The lowest BCUT2D eigenvalue weighted by Gasteiger charge is -2.26. The van der Waals surface area contributed by atoms with Gasteiger partial charge in [0.15, 0.2) is 0 Å². The molecule has 0 atom stereocenters. The van der Waals surface area contributed by atoms with E-state index >= 15 is 0 Å². The van der Waals surface area contributed by atoms with E-state index in [1.807, 2.05) is 0 Å². The van der Waals surface area contributed by atoms with E-state index in [1.165, 1.54) is 24.4 Å². The summed E-state index contributed by atoms with van der Waals surface area (Å²) in [6.07, 6.45) is -0.196. The van der Waals surface area contributed by atoms with E-state index in [4.69, 9.17) is 9.84 Å². The van der Waals surface area contributed by atoms with Gasteiger partial charge in [-0.15, -0.1) is 0 Å². The molecule has 1 rings (SSSR count). The van der Waals surface area contributed by atoms with Gasteiger partial charge in [-0.3, -0.25) is 4.90 Å². The van der Waals surface area contributed by atoms with Crippen molar-refractivity contribution in [2.24, 2.45) is 0 Å². The van der Waals surface area contributed by atoms with Crippen LogP contribution in [0, 0.1) is 0 Å². The molecule has 0 aromatic carbocycles. The number of nitrogens with zero attached hydrogens (tertiary/aromatic N) is 2. The van der Waals surface area contributed by atoms with Crippen LogP contribution in [0.4, 0.5) is 19.4 Å². The molecule has 0 radical (unpaired) electrons. The summed E-state index contributed by atoms with van der Waals surface area (Å²) in [6.45, 7) is 4.02. The van der Waals surface area contributed by atoms with Crippen LogP contribution in [0.5, 0.6) is 0 Å². The van der Waals surface area contributed by atoms with Crippen LogP contribution in [0.15, 0.2) is 24.4 Å². The number of carboxylic acids is 1. The zero-order valence-electron chi connectivity index (χ0n) is 13.0. The maximum absolute atomic E-state index is 12.7. The highest BCUT2D eigenvalue weighted by molar-refractivity contribution is 5.87. The number of aliphatic carboxylic acids is 1. The van der Waals surface area contributed by atoms with Gasteiger partial charge in [-0.05, 0) is 44.5 Å². The Morgan fingerprint density at radius 1 is 1.39 bits per heavy atom. The van der Waals surface area contributed by atoms with Crippen molar-refractivity contribution < 1.29 is 28.2 Å². The fourth-order valence-corrected chi connectivity index (χ4v) is 1.54. The first-order valence-corrected chi connectivity index (χ1v) is 6.74. The topological polar surface area (TPSA) is 79.7 Å². The molecule has 0 saturated heterocycles. The maximum atomic E-state index is 12.7. The lowest BCUT2D eigenvalue weighted by molar-refractivity contribution is -0.131. The molecule has 8 heteroatoms. The normalized spacial score (nSPS) is 11.7. The van der Waals surface area contributed by atoms with Crippen LogP contribution in [-0.4, -0.2) is 40.7 Å². The van der Waals surface area contributed by atoms with E-state index < -0.39 is 30.6 Å². The molecule has 1 aromatic rings. The van der Waals surface area contributed by atoms with Crippen molar-refractivity contribution in [2.75, 3.05) is 11.4 Å². The number of halogens is 2. The second kappa shape index (κ2) is 7.66. The summed E-state index contributed by atoms with van der Waals surface area (Å²) >= 11 is 0. The molecule has 23 heavy (non-hydrogen) atoms. The fourth-order valence-electron chi connectivity index (χ4n) is 1.54. The molecular formula is C15H18F2N2O4. The number of carboxylic acid groups (broad SMARTS) is 1. The predicted octanol–water partition coefficient (Wildman–Crippen LogP) is 3.19. The Balaban J connectivity index is 2.98. The molecule has 0 aliphatic carbocycles. The molecule has 1 N–H and O–H groups in total. The summed E-state index contributed by atoms with van der Waals surface area (Å²) in [5, 5.41) is 8.54. The van der Waals surface area contributed by atoms with Crippen LogP contribution in [0.25, 0.3) is 6.08 Å². The lowest BCUT2D eigenvalue weighted by Crippen LogP contribution is -2.40. The van der Waals surface area contributed by atoms with Crippen molar-refractivity contribution in [1.29, 1.82) is 0 Å². The molecule has 6 nitrogen and oxygen atoms in total. The molecule has 1 amide bonds. The quantitative estimate of drug-likeness (QED) is 0.840. The van der Waals surface area contributed by atoms with Crippen LogP contribution in [0.2, 0.25) is 0 Å². The molecule has 0 aliphatic rings. The van der Waals surface area contributed by atoms with Gasteiger partial charge in [-0.1, -0.05) is 0 Å². The third-order valence-corrected chi connectivity index (χ3v) is 2.40. The lowest BCUT2D eigenvalue weighted by atomic mass is 10.2. The number of carbonyl (C=O) groups excluding carboxylic acids is 1. The van der Waals surface area contributed by atoms with E-state index in [-0.39, 0.29) is 5.82 Å². The predicted molar refractivity (Wildman–Crippen MR) is 80.5 cm³/mol. The SMILES string of the molecule is CC(C)(C)OC(=O)N(CC(F)F)c1ccc(/C=C/C(=O)O)cn1. The van der Waals surface area contributed by atoms with Crippen molar-refractivity contribution >= 4 is 24.0 Å². The molecular weight excluding hydrogens is 310 g/mol. The van der Waals surface area contributed by atoms with E-state index in [0.717, 1.165) is 11.0 Å². The van der Waals surface area contributed by atoms with Crippen LogP contribution >= 0.6 is 0 Å². The van der Waals surface area contributed by atoms with Gasteiger partial charge < -0.3 is 9.84 Å². The van der Waals surface area contributed by atoms with Gasteiger partial charge in [0.05, 0.1) is 6.54 Å². The second-order valence-electron chi connectivity index (χ2n) is 5.60. The summed E-state index contributed by atoms with van der Waals surface area (Å²) in [7, 11) is 0. The number of aromatic nitrogens is 1. The van der Waals surface area contributed by atoms with Crippen LogP contribution in [0.1, 0.15) is 26.3 Å². The minimum Gasteiger partial charge on any atom is -0.478 e. The first-order valence-electron chi connectivity index (χ1n) is 6.74. The van der Waals surface area contributed by atoms with Crippen LogP contribution < -0.4 is 4.90 Å². The van der Waals surface area contributed by atoms with Gasteiger partial charge in [0.1, 0.15) is 11.4 Å². The molecule has 0 spiro atoms. The Hall–Kier alpha value is -2.51. The minimum absolute atomic E-state index is 0.00738. The molecule has 126 valence electrons. The Kier molecular flexibility index (Phi) is 6.18. The standard InChI is InChI=1S/C15H18F2N2O4/c1-15(2,3)23-14(22)19(9-11(16)17)12-6-4-10(8-18-12)5-7-13(20)21/h4-8,11H,9H2,1-3H3,(H,20,21)/b7-5+. The summed E-state index contributed by atoms with van der Waals surface area (Å²) < 4.78 is 30.5. The zero-order valence-corrected chi connectivity index (χ0v) is 13.0. The number of ether oxygens (including phenoxy) is 1. The highest BCUT2D eigenvalue weighted by Gasteiger charge is 2.26. The molecule has 0 saturated carbocycles. The monoisotopic (exact) mass is 328 g/mol. The van der Waals surface area contributed by atoms with Crippen molar-refractivity contribution in [1.82, 2.24) is 4.98 Å². The van der Waals surface area contributed by atoms with Crippen LogP contribution in [0.3, 0.4) is 0 Å². The smallest absolute Gasteiger partial charge is 0.416 e. The molecule has 1 heterocycles. The fraction of sp³-hybridized carbons (Fsp3) is 0.400. The van der Waals surface area contributed by atoms with Gasteiger partial charge in [-0.2, -0.15) is 0 Å². The Morgan fingerprint density at radius 2 is 2.04 bits per heavy atom. The van der Waals surface area contributed by atoms with Crippen LogP contribution in [-0.2, 0) is 9.53 Å². The number of rotatable bonds is 5. The van der Waals surface area contributed by atoms with Gasteiger partial charge in [0.2, 0.25) is 0 Å². The molecule has 1 aromatic heterocycles. The third kappa shape index (κ3) is 6.86. The number of alkyl halides is 2. The summed E-state index contributed by atoms with van der Waals surface area (Å²) in [5.41, 5.74) is -0.376. The second-order valence-corrected chi connectivity index (χ2v) is 5.60. The number of hydrogen-bond donors (Lipinski definition) is 1. The Labute approximate surface area is 132 Å². The first kappa shape index (κ1) is 18.5. The van der Waals surface area contributed by atoms with E-state index in [2.05, 4.69) is 4.98 Å². The van der Waals surface area contributed by atoms with Gasteiger partial charge in [0.25, 0.3) is 6.43 Å². The Bertz CT molecular complexity index is 580. The highest BCUT2D eigenvalue weighted by atomic mass is 19.3. The average molecular weight is 328 g/mol. The maximum Gasteiger partial charge on any atom is 0.416 e.